The Morgan fingerprint density at radius 2 is 2.21 bits per heavy atom. The summed E-state index contributed by atoms with van der Waals surface area (Å²) in [5.74, 6) is 0.884. The van der Waals surface area contributed by atoms with Crippen LogP contribution in [0, 0.1) is 5.92 Å². The standard InChI is InChI=1S/C15H19ClN2O/c1-10-15(19)18(9-11-4-2-5-11)14(17-10)12-6-3-7-13(16)8-12/h3,6-8,10-11,14,17H,2,4-5,9H2,1H3. The van der Waals surface area contributed by atoms with Crippen LogP contribution in [-0.4, -0.2) is 23.4 Å². The molecule has 1 amide bonds. The third-order valence-corrected chi connectivity index (χ3v) is 4.45. The molecule has 0 bridgehead atoms. The maximum atomic E-state index is 12.3. The number of carbonyl (C=O) groups excluding carboxylic acids is 1. The van der Waals surface area contributed by atoms with E-state index in [1.54, 1.807) is 0 Å². The van der Waals surface area contributed by atoms with E-state index >= 15 is 0 Å². The molecule has 1 heterocycles. The van der Waals surface area contributed by atoms with Crippen LogP contribution < -0.4 is 5.32 Å². The molecule has 1 aromatic rings. The van der Waals surface area contributed by atoms with Gasteiger partial charge in [0.15, 0.2) is 0 Å². The fourth-order valence-corrected chi connectivity index (χ4v) is 3.07. The van der Waals surface area contributed by atoms with Gasteiger partial charge in [0.2, 0.25) is 5.91 Å². The van der Waals surface area contributed by atoms with Crippen molar-refractivity contribution in [2.45, 2.75) is 38.4 Å². The predicted octanol–water partition coefficient (Wildman–Crippen LogP) is 2.96. The van der Waals surface area contributed by atoms with Gasteiger partial charge in [0, 0.05) is 11.6 Å². The van der Waals surface area contributed by atoms with Crippen molar-refractivity contribution in [2.24, 2.45) is 5.92 Å². The lowest BCUT2D eigenvalue weighted by atomic mass is 9.85. The molecule has 3 nitrogen and oxygen atoms in total. The minimum Gasteiger partial charge on any atom is -0.321 e. The summed E-state index contributed by atoms with van der Waals surface area (Å²) >= 11 is 6.06. The zero-order valence-corrected chi connectivity index (χ0v) is 11.9. The van der Waals surface area contributed by atoms with E-state index in [1.165, 1.54) is 19.3 Å². The summed E-state index contributed by atoms with van der Waals surface area (Å²) in [4.78, 5) is 14.3. The number of benzene rings is 1. The van der Waals surface area contributed by atoms with Crippen molar-refractivity contribution in [3.8, 4) is 0 Å². The Morgan fingerprint density at radius 1 is 1.42 bits per heavy atom. The summed E-state index contributed by atoms with van der Waals surface area (Å²) in [6, 6.07) is 7.67. The highest BCUT2D eigenvalue weighted by molar-refractivity contribution is 6.30. The Bertz CT molecular complexity index is 487. The molecule has 1 aromatic carbocycles. The molecule has 1 saturated carbocycles. The van der Waals surface area contributed by atoms with Crippen LogP contribution >= 0.6 is 11.6 Å². The molecule has 102 valence electrons. The third-order valence-electron chi connectivity index (χ3n) is 4.22. The summed E-state index contributed by atoms with van der Waals surface area (Å²) < 4.78 is 0. The van der Waals surface area contributed by atoms with Gasteiger partial charge in [0.1, 0.15) is 6.17 Å². The molecule has 2 atom stereocenters. The summed E-state index contributed by atoms with van der Waals surface area (Å²) in [7, 11) is 0. The number of hydrogen-bond donors (Lipinski definition) is 1. The molecular formula is C15H19ClN2O. The van der Waals surface area contributed by atoms with Gasteiger partial charge in [-0.15, -0.1) is 0 Å². The van der Waals surface area contributed by atoms with E-state index in [-0.39, 0.29) is 18.1 Å². The van der Waals surface area contributed by atoms with Crippen molar-refractivity contribution < 1.29 is 4.79 Å². The van der Waals surface area contributed by atoms with Gasteiger partial charge in [-0.1, -0.05) is 30.2 Å². The van der Waals surface area contributed by atoms with Gasteiger partial charge in [-0.3, -0.25) is 10.1 Å². The van der Waals surface area contributed by atoms with Crippen LogP contribution in [0.5, 0.6) is 0 Å². The Hall–Kier alpha value is -1.06. The fraction of sp³-hybridized carbons (Fsp3) is 0.533. The molecule has 0 aromatic heterocycles. The van der Waals surface area contributed by atoms with E-state index in [0.717, 1.165) is 17.1 Å². The van der Waals surface area contributed by atoms with Crippen LogP contribution in [0.15, 0.2) is 24.3 Å². The lowest BCUT2D eigenvalue weighted by Crippen LogP contribution is -2.37. The summed E-state index contributed by atoms with van der Waals surface area (Å²) in [5.41, 5.74) is 1.07. The van der Waals surface area contributed by atoms with Crippen LogP contribution in [-0.2, 0) is 4.79 Å². The van der Waals surface area contributed by atoms with Gasteiger partial charge < -0.3 is 4.90 Å². The lowest BCUT2D eigenvalue weighted by molar-refractivity contribution is -0.130. The minimum absolute atomic E-state index is 0.0261. The number of amides is 1. The average molecular weight is 279 g/mol. The summed E-state index contributed by atoms with van der Waals surface area (Å²) in [6.07, 6.45) is 3.78. The van der Waals surface area contributed by atoms with Gasteiger partial charge >= 0.3 is 0 Å². The second kappa shape index (κ2) is 5.14. The highest BCUT2D eigenvalue weighted by Gasteiger charge is 2.38. The van der Waals surface area contributed by atoms with Crippen molar-refractivity contribution in [2.75, 3.05) is 6.54 Å². The third kappa shape index (κ3) is 2.49. The zero-order valence-electron chi connectivity index (χ0n) is 11.1. The molecule has 0 radical (unpaired) electrons. The van der Waals surface area contributed by atoms with E-state index in [0.29, 0.717) is 5.92 Å². The first-order valence-corrected chi connectivity index (χ1v) is 7.35. The van der Waals surface area contributed by atoms with Crippen LogP contribution in [0.1, 0.15) is 37.9 Å². The molecule has 1 aliphatic heterocycles. The number of nitrogens with one attached hydrogen (secondary N) is 1. The van der Waals surface area contributed by atoms with Crippen LogP contribution in [0.4, 0.5) is 0 Å². The number of rotatable bonds is 3. The van der Waals surface area contributed by atoms with Crippen molar-refractivity contribution in [1.29, 1.82) is 0 Å². The fourth-order valence-electron chi connectivity index (χ4n) is 2.88. The van der Waals surface area contributed by atoms with Gasteiger partial charge in [-0.2, -0.15) is 0 Å². The monoisotopic (exact) mass is 278 g/mol. The number of nitrogens with zero attached hydrogens (tertiary/aromatic N) is 1. The van der Waals surface area contributed by atoms with Crippen molar-refractivity contribution in [1.82, 2.24) is 10.2 Å². The van der Waals surface area contributed by atoms with Crippen molar-refractivity contribution >= 4 is 17.5 Å². The predicted molar refractivity (Wildman–Crippen MR) is 75.8 cm³/mol. The molecule has 2 fully saturated rings. The van der Waals surface area contributed by atoms with E-state index < -0.39 is 0 Å². The second-order valence-electron chi connectivity index (χ2n) is 5.63. The van der Waals surface area contributed by atoms with E-state index in [9.17, 15) is 4.79 Å². The molecule has 1 N–H and O–H groups in total. The molecule has 4 heteroatoms. The van der Waals surface area contributed by atoms with E-state index in [4.69, 9.17) is 11.6 Å². The first kappa shape index (κ1) is 12.9. The molecule has 0 spiro atoms. The molecule has 2 aliphatic rings. The summed E-state index contributed by atoms with van der Waals surface area (Å²) in [6.45, 7) is 2.80. The maximum absolute atomic E-state index is 12.3. The Balaban J connectivity index is 1.83. The molecular weight excluding hydrogens is 260 g/mol. The Morgan fingerprint density at radius 3 is 2.84 bits per heavy atom. The number of carbonyl (C=O) groups is 1. The van der Waals surface area contributed by atoms with E-state index in [1.807, 2.05) is 36.1 Å². The van der Waals surface area contributed by atoms with Crippen LogP contribution in [0.3, 0.4) is 0 Å². The largest absolute Gasteiger partial charge is 0.321 e. The number of halogens is 1. The quantitative estimate of drug-likeness (QED) is 0.922. The van der Waals surface area contributed by atoms with Gasteiger partial charge in [-0.25, -0.2) is 0 Å². The Kier molecular flexibility index (Phi) is 3.50. The molecule has 19 heavy (non-hydrogen) atoms. The summed E-state index contributed by atoms with van der Waals surface area (Å²) in [5, 5.41) is 4.09. The smallest absolute Gasteiger partial charge is 0.241 e. The zero-order chi connectivity index (χ0) is 13.4. The van der Waals surface area contributed by atoms with Gasteiger partial charge in [0.25, 0.3) is 0 Å². The van der Waals surface area contributed by atoms with Gasteiger partial charge in [0.05, 0.1) is 6.04 Å². The van der Waals surface area contributed by atoms with Crippen molar-refractivity contribution in [3.63, 3.8) is 0 Å². The average Bonchev–Trinajstić information content (AvgIpc) is 2.61. The SMILES string of the molecule is CC1NC(c2cccc(Cl)c2)N(CC2CCC2)C1=O. The topological polar surface area (TPSA) is 32.3 Å². The normalized spacial score (nSPS) is 27.7. The molecule has 1 saturated heterocycles. The van der Waals surface area contributed by atoms with Gasteiger partial charge in [-0.05, 0) is 43.4 Å². The number of hydrogen-bond acceptors (Lipinski definition) is 2. The molecule has 2 unspecified atom stereocenters. The maximum Gasteiger partial charge on any atom is 0.241 e. The minimum atomic E-state index is -0.107. The molecule has 3 rings (SSSR count). The highest BCUT2D eigenvalue weighted by atomic mass is 35.5. The van der Waals surface area contributed by atoms with Crippen molar-refractivity contribution in [3.05, 3.63) is 34.9 Å². The van der Waals surface area contributed by atoms with E-state index in [2.05, 4.69) is 5.32 Å². The van der Waals surface area contributed by atoms with Crippen LogP contribution in [0.25, 0.3) is 0 Å². The first-order valence-electron chi connectivity index (χ1n) is 6.97. The lowest BCUT2D eigenvalue weighted by Gasteiger charge is -2.33. The first-order chi connectivity index (χ1) is 9.15. The second-order valence-corrected chi connectivity index (χ2v) is 6.07. The van der Waals surface area contributed by atoms with Crippen LogP contribution in [0.2, 0.25) is 5.02 Å². The molecule has 1 aliphatic carbocycles. The Labute approximate surface area is 118 Å². The highest BCUT2D eigenvalue weighted by Crippen LogP contribution is 2.33.